The number of nitrogens with zero attached hydrogens (tertiary/aromatic N) is 1. The van der Waals surface area contributed by atoms with Gasteiger partial charge in [-0.25, -0.2) is 0 Å². The Labute approximate surface area is 82.9 Å². The molecule has 1 aliphatic rings. The lowest BCUT2D eigenvalue weighted by molar-refractivity contribution is 0.906. The highest BCUT2D eigenvalue weighted by atomic mass is 35.5. The summed E-state index contributed by atoms with van der Waals surface area (Å²) >= 11 is 6.05. The molecule has 0 atom stereocenters. The summed E-state index contributed by atoms with van der Waals surface area (Å²) < 4.78 is 0. The van der Waals surface area contributed by atoms with Crippen LogP contribution < -0.4 is 0 Å². The molecular weight excluding hydrogens is 182 g/mol. The zero-order chi connectivity index (χ0) is 9.47. The van der Waals surface area contributed by atoms with Gasteiger partial charge < -0.3 is 0 Å². The van der Waals surface area contributed by atoms with Gasteiger partial charge in [0.25, 0.3) is 0 Å². The third-order valence-electron chi connectivity index (χ3n) is 2.60. The molecule has 1 aliphatic carbocycles. The van der Waals surface area contributed by atoms with Crippen molar-refractivity contribution < 1.29 is 0 Å². The summed E-state index contributed by atoms with van der Waals surface area (Å²) in [6.45, 7) is 2.02. The molecule has 0 aromatic heterocycles. The minimum absolute atomic E-state index is 0.261. The highest BCUT2D eigenvalue weighted by Crippen LogP contribution is 2.49. The van der Waals surface area contributed by atoms with E-state index in [1.165, 1.54) is 5.56 Å². The summed E-state index contributed by atoms with van der Waals surface area (Å²) in [5, 5.41) is 9.74. The largest absolute Gasteiger partial charge is 0.197 e. The maximum atomic E-state index is 9.02. The number of hydrogen-bond acceptors (Lipinski definition) is 1. The first kappa shape index (κ1) is 8.59. The summed E-state index contributed by atoms with van der Waals surface area (Å²) in [5.41, 5.74) is 1.92. The first-order chi connectivity index (χ1) is 6.18. The Kier molecular flexibility index (Phi) is 1.82. The van der Waals surface area contributed by atoms with Crippen LogP contribution >= 0.6 is 11.6 Å². The van der Waals surface area contributed by atoms with Crippen molar-refractivity contribution in [3.63, 3.8) is 0 Å². The summed E-state index contributed by atoms with van der Waals surface area (Å²) in [7, 11) is 0. The molecule has 1 aromatic carbocycles. The Morgan fingerprint density at radius 1 is 1.46 bits per heavy atom. The normalized spacial score (nSPS) is 17.9. The molecule has 2 heteroatoms. The quantitative estimate of drug-likeness (QED) is 0.669. The number of hydrogen-bond donors (Lipinski definition) is 0. The van der Waals surface area contributed by atoms with E-state index < -0.39 is 0 Å². The maximum Gasteiger partial charge on any atom is 0.0838 e. The van der Waals surface area contributed by atoms with Gasteiger partial charge in [-0.1, -0.05) is 29.3 Å². The third kappa shape index (κ3) is 1.32. The van der Waals surface area contributed by atoms with Crippen molar-refractivity contribution in [2.75, 3.05) is 0 Å². The van der Waals surface area contributed by atoms with E-state index in [-0.39, 0.29) is 5.41 Å². The molecule has 0 saturated heterocycles. The molecular formula is C11H10ClN. The van der Waals surface area contributed by atoms with Crippen LogP contribution in [0.5, 0.6) is 0 Å². The first-order valence-electron chi connectivity index (χ1n) is 4.36. The fourth-order valence-electron chi connectivity index (χ4n) is 1.57. The van der Waals surface area contributed by atoms with E-state index in [1.807, 2.05) is 25.1 Å². The summed E-state index contributed by atoms with van der Waals surface area (Å²) in [5.74, 6) is 0. The van der Waals surface area contributed by atoms with Crippen LogP contribution in [0, 0.1) is 18.3 Å². The van der Waals surface area contributed by atoms with Crippen LogP contribution in [0.1, 0.15) is 24.0 Å². The van der Waals surface area contributed by atoms with Gasteiger partial charge in [-0.05, 0) is 31.4 Å². The van der Waals surface area contributed by atoms with Gasteiger partial charge in [0.2, 0.25) is 0 Å². The molecule has 0 radical (unpaired) electrons. The van der Waals surface area contributed by atoms with E-state index in [0.29, 0.717) is 0 Å². The predicted molar refractivity (Wildman–Crippen MR) is 52.7 cm³/mol. The Bertz CT molecular complexity index is 386. The van der Waals surface area contributed by atoms with Crippen LogP contribution in [0.2, 0.25) is 5.02 Å². The average Bonchev–Trinajstić information content (AvgIpc) is 2.90. The summed E-state index contributed by atoms with van der Waals surface area (Å²) in [4.78, 5) is 0. The van der Waals surface area contributed by atoms with Crippen molar-refractivity contribution in [3.05, 3.63) is 34.3 Å². The Balaban J connectivity index is 2.52. The second kappa shape index (κ2) is 2.75. The number of rotatable bonds is 1. The fourth-order valence-corrected chi connectivity index (χ4v) is 1.87. The van der Waals surface area contributed by atoms with Gasteiger partial charge >= 0.3 is 0 Å². The molecule has 0 heterocycles. The van der Waals surface area contributed by atoms with E-state index in [4.69, 9.17) is 16.9 Å². The standard InChI is InChI=1S/C11H10ClN/c1-8-2-3-10(12)9(6-8)11(7-13)4-5-11/h2-3,6H,4-5H2,1H3. The molecule has 0 unspecified atom stereocenters. The SMILES string of the molecule is Cc1ccc(Cl)c(C2(C#N)CC2)c1. The smallest absolute Gasteiger partial charge is 0.0838 e. The van der Waals surface area contributed by atoms with Crippen LogP contribution in [0.25, 0.3) is 0 Å². The molecule has 66 valence electrons. The Morgan fingerprint density at radius 3 is 2.69 bits per heavy atom. The van der Waals surface area contributed by atoms with Crippen LogP contribution in [-0.2, 0) is 5.41 Å². The van der Waals surface area contributed by atoms with Crippen LogP contribution in [0.4, 0.5) is 0 Å². The molecule has 0 spiro atoms. The van der Waals surface area contributed by atoms with Crippen molar-refractivity contribution in [1.29, 1.82) is 5.26 Å². The molecule has 1 aromatic rings. The molecule has 1 fully saturated rings. The highest BCUT2D eigenvalue weighted by molar-refractivity contribution is 6.31. The second-order valence-corrected chi connectivity index (χ2v) is 4.08. The van der Waals surface area contributed by atoms with Crippen molar-refractivity contribution in [1.82, 2.24) is 0 Å². The van der Waals surface area contributed by atoms with Gasteiger partial charge in [0.1, 0.15) is 0 Å². The Morgan fingerprint density at radius 2 is 2.15 bits per heavy atom. The van der Waals surface area contributed by atoms with Gasteiger partial charge in [0.05, 0.1) is 11.5 Å². The molecule has 0 bridgehead atoms. The minimum Gasteiger partial charge on any atom is -0.197 e. The van der Waals surface area contributed by atoms with Crippen molar-refractivity contribution >= 4 is 11.6 Å². The predicted octanol–water partition coefficient (Wildman–Crippen LogP) is 3.20. The van der Waals surface area contributed by atoms with E-state index in [9.17, 15) is 0 Å². The first-order valence-corrected chi connectivity index (χ1v) is 4.74. The summed E-state index contributed by atoms with van der Waals surface area (Å²) in [6.07, 6.45) is 1.90. The van der Waals surface area contributed by atoms with E-state index >= 15 is 0 Å². The molecule has 0 amide bonds. The monoisotopic (exact) mass is 191 g/mol. The highest BCUT2D eigenvalue weighted by Gasteiger charge is 2.46. The third-order valence-corrected chi connectivity index (χ3v) is 2.93. The lowest BCUT2D eigenvalue weighted by Gasteiger charge is -2.09. The number of halogens is 1. The van der Waals surface area contributed by atoms with Crippen molar-refractivity contribution in [3.8, 4) is 6.07 Å². The average molecular weight is 192 g/mol. The van der Waals surface area contributed by atoms with E-state index in [1.54, 1.807) is 0 Å². The zero-order valence-corrected chi connectivity index (χ0v) is 8.23. The molecule has 1 nitrogen and oxygen atoms in total. The molecule has 0 N–H and O–H groups in total. The fraction of sp³-hybridized carbons (Fsp3) is 0.364. The minimum atomic E-state index is -0.261. The van der Waals surface area contributed by atoms with Crippen molar-refractivity contribution in [2.45, 2.75) is 25.2 Å². The van der Waals surface area contributed by atoms with Crippen molar-refractivity contribution in [2.24, 2.45) is 0 Å². The van der Waals surface area contributed by atoms with E-state index in [0.717, 1.165) is 23.4 Å². The second-order valence-electron chi connectivity index (χ2n) is 3.68. The molecule has 0 aliphatic heterocycles. The zero-order valence-electron chi connectivity index (χ0n) is 7.47. The van der Waals surface area contributed by atoms with Gasteiger partial charge in [-0.2, -0.15) is 5.26 Å². The van der Waals surface area contributed by atoms with Crippen LogP contribution in [0.3, 0.4) is 0 Å². The van der Waals surface area contributed by atoms with E-state index in [2.05, 4.69) is 6.07 Å². The number of nitriles is 1. The molecule has 1 saturated carbocycles. The van der Waals surface area contributed by atoms with Crippen LogP contribution in [0.15, 0.2) is 18.2 Å². The van der Waals surface area contributed by atoms with Gasteiger partial charge in [-0.15, -0.1) is 0 Å². The Hall–Kier alpha value is -1.00. The lowest BCUT2D eigenvalue weighted by atomic mass is 9.96. The van der Waals surface area contributed by atoms with Gasteiger partial charge in [0.15, 0.2) is 0 Å². The lowest BCUT2D eigenvalue weighted by Crippen LogP contribution is -2.03. The summed E-state index contributed by atoms with van der Waals surface area (Å²) in [6, 6.07) is 8.23. The topological polar surface area (TPSA) is 23.8 Å². The number of aryl methyl sites for hydroxylation is 1. The van der Waals surface area contributed by atoms with Gasteiger partial charge in [-0.3, -0.25) is 0 Å². The molecule has 2 rings (SSSR count). The number of benzene rings is 1. The maximum absolute atomic E-state index is 9.02. The van der Waals surface area contributed by atoms with Crippen LogP contribution in [-0.4, -0.2) is 0 Å². The van der Waals surface area contributed by atoms with Gasteiger partial charge in [0, 0.05) is 5.02 Å². The molecule has 13 heavy (non-hydrogen) atoms.